The van der Waals surface area contributed by atoms with Crippen molar-refractivity contribution in [3.8, 4) is 5.75 Å². The molecule has 124 valence electrons. The molecule has 1 fully saturated rings. The molecule has 3 rings (SSSR count). The number of ether oxygens (including phenoxy) is 2. The van der Waals surface area contributed by atoms with Gasteiger partial charge in [-0.1, -0.05) is 19.4 Å². The maximum Gasteiger partial charge on any atom is 0.134 e. The summed E-state index contributed by atoms with van der Waals surface area (Å²) in [6.07, 6.45) is 12.0. The lowest BCUT2D eigenvalue weighted by molar-refractivity contribution is 0.100. The van der Waals surface area contributed by atoms with Gasteiger partial charge >= 0.3 is 0 Å². The van der Waals surface area contributed by atoms with Crippen molar-refractivity contribution in [3.05, 3.63) is 47.6 Å². The van der Waals surface area contributed by atoms with Crippen LogP contribution in [-0.2, 0) is 4.74 Å². The monoisotopic (exact) mass is 312 g/mol. The molecule has 0 radical (unpaired) electrons. The van der Waals surface area contributed by atoms with Crippen LogP contribution in [0.5, 0.6) is 5.75 Å². The molecule has 1 spiro atoms. The third kappa shape index (κ3) is 3.46. The van der Waals surface area contributed by atoms with E-state index in [4.69, 9.17) is 9.47 Å². The van der Waals surface area contributed by atoms with Crippen LogP contribution in [0.1, 0.15) is 64.9 Å². The molecule has 1 aromatic rings. The SMILES string of the molecule is CCC/C=C1/C=C(c2ccc(OC(C)C)cc2)OC12CCCC2. The topological polar surface area (TPSA) is 18.5 Å². The third-order valence-electron chi connectivity index (χ3n) is 4.69. The minimum absolute atomic E-state index is 0.0440. The van der Waals surface area contributed by atoms with Gasteiger partial charge in [0.1, 0.15) is 17.1 Å². The number of hydrogen-bond acceptors (Lipinski definition) is 2. The van der Waals surface area contributed by atoms with E-state index in [1.165, 1.54) is 24.8 Å². The van der Waals surface area contributed by atoms with Crippen LogP contribution in [0, 0.1) is 0 Å². The lowest BCUT2D eigenvalue weighted by atomic mass is 9.92. The fraction of sp³-hybridized carbons (Fsp3) is 0.524. The molecule has 2 heteroatoms. The van der Waals surface area contributed by atoms with Gasteiger partial charge < -0.3 is 9.47 Å². The number of hydrogen-bond donors (Lipinski definition) is 0. The van der Waals surface area contributed by atoms with Gasteiger partial charge in [-0.3, -0.25) is 0 Å². The van der Waals surface area contributed by atoms with E-state index in [2.05, 4.69) is 31.2 Å². The van der Waals surface area contributed by atoms with Crippen LogP contribution in [0.2, 0.25) is 0 Å². The Bertz CT molecular complexity index is 587. The number of unbranched alkanes of at least 4 members (excludes halogenated alkanes) is 1. The number of benzene rings is 1. The van der Waals surface area contributed by atoms with Gasteiger partial charge in [0.2, 0.25) is 0 Å². The van der Waals surface area contributed by atoms with Crippen molar-refractivity contribution in [1.29, 1.82) is 0 Å². The van der Waals surface area contributed by atoms with E-state index in [1.54, 1.807) is 0 Å². The molecule has 0 amide bonds. The molecule has 0 aromatic heterocycles. The largest absolute Gasteiger partial charge is 0.491 e. The highest BCUT2D eigenvalue weighted by atomic mass is 16.5. The summed E-state index contributed by atoms with van der Waals surface area (Å²) in [7, 11) is 0. The molecule has 1 saturated carbocycles. The van der Waals surface area contributed by atoms with Crippen LogP contribution in [0.15, 0.2) is 42.0 Å². The normalized spacial score (nSPS) is 21.0. The molecule has 0 saturated heterocycles. The van der Waals surface area contributed by atoms with Crippen molar-refractivity contribution in [3.63, 3.8) is 0 Å². The quantitative estimate of drug-likeness (QED) is 0.675. The summed E-state index contributed by atoms with van der Waals surface area (Å²) in [5.74, 6) is 1.94. The molecule has 0 N–H and O–H groups in total. The summed E-state index contributed by atoms with van der Waals surface area (Å²) in [5, 5.41) is 0. The second-order valence-electron chi connectivity index (χ2n) is 6.95. The fourth-order valence-electron chi connectivity index (χ4n) is 3.57. The first-order valence-electron chi connectivity index (χ1n) is 9.01. The molecule has 1 aliphatic carbocycles. The Labute approximate surface area is 140 Å². The van der Waals surface area contributed by atoms with Crippen LogP contribution >= 0.6 is 0 Å². The summed E-state index contributed by atoms with van der Waals surface area (Å²) in [6.45, 7) is 6.32. The second kappa shape index (κ2) is 6.82. The summed E-state index contributed by atoms with van der Waals surface area (Å²) in [6, 6.07) is 8.28. The molecule has 0 atom stereocenters. The first-order valence-corrected chi connectivity index (χ1v) is 9.01. The van der Waals surface area contributed by atoms with Gasteiger partial charge in [0.25, 0.3) is 0 Å². The molecular formula is C21H28O2. The Morgan fingerprint density at radius 1 is 1.17 bits per heavy atom. The molecule has 2 aliphatic rings. The van der Waals surface area contributed by atoms with Crippen LogP contribution in [0.4, 0.5) is 0 Å². The van der Waals surface area contributed by atoms with Crippen molar-refractivity contribution in [1.82, 2.24) is 0 Å². The first kappa shape index (κ1) is 16.2. The third-order valence-corrected chi connectivity index (χ3v) is 4.69. The highest BCUT2D eigenvalue weighted by Crippen LogP contribution is 2.48. The summed E-state index contributed by atoms with van der Waals surface area (Å²) >= 11 is 0. The van der Waals surface area contributed by atoms with E-state index < -0.39 is 0 Å². The van der Waals surface area contributed by atoms with E-state index >= 15 is 0 Å². The van der Waals surface area contributed by atoms with Gasteiger partial charge in [0.05, 0.1) is 6.10 Å². The van der Waals surface area contributed by atoms with Gasteiger partial charge in [0.15, 0.2) is 0 Å². The van der Waals surface area contributed by atoms with Gasteiger partial charge in [-0.05, 0) is 81.9 Å². The number of rotatable bonds is 5. The average molecular weight is 312 g/mol. The maximum atomic E-state index is 6.48. The van der Waals surface area contributed by atoms with E-state index in [1.807, 2.05) is 26.0 Å². The zero-order valence-electron chi connectivity index (χ0n) is 14.6. The van der Waals surface area contributed by atoms with Crippen molar-refractivity contribution in [2.75, 3.05) is 0 Å². The minimum atomic E-state index is -0.0440. The minimum Gasteiger partial charge on any atom is -0.491 e. The molecule has 0 bridgehead atoms. The van der Waals surface area contributed by atoms with Gasteiger partial charge in [0, 0.05) is 5.56 Å². The zero-order valence-corrected chi connectivity index (χ0v) is 14.6. The van der Waals surface area contributed by atoms with Gasteiger partial charge in [-0.25, -0.2) is 0 Å². The smallest absolute Gasteiger partial charge is 0.134 e. The van der Waals surface area contributed by atoms with E-state index in [0.29, 0.717) is 0 Å². The Hall–Kier alpha value is -1.70. The van der Waals surface area contributed by atoms with E-state index in [-0.39, 0.29) is 11.7 Å². The van der Waals surface area contributed by atoms with Crippen molar-refractivity contribution in [2.24, 2.45) is 0 Å². The Morgan fingerprint density at radius 3 is 2.48 bits per heavy atom. The van der Waals surface area contributed by atoms with Gasteiger partial charge in [-0.2, -0.15) is 0 Å². The van der Waals surface area contributed by atoms with Crippen molar-refractivity contribution >= 4 is 5.76 Å². The molecular weight excluding hydrogens is 284 g/mol. The van der Waals surface area contributed by atoms with Gasteiger partial charge in [-0.15, -0.1) is 0 Å². The highest BCUT2D eigenvalue weighted by molar-refractivity contribution is 5.68. The lowest BCUT2D eigenvalue weighted by Crippen LogP contribution is -2.26. The standard InChI is InChI=1S/C21H28O2/c1-4-5-8-18-15-20(23-21(18)13-6-7-14-21)17-9-11-19(12-10-17)22-16(2)3/h8-12,15-16H,4-7,13-14H2,1-3H3/b18-8-. The molecule has 1 aromatic carbocycles. The Morgan fingerprint density at radius 2 is 1.87 bits per heavy atom. The zero-order chi connectivity index (χ0) is 16.3. The predicted octanol–water partition coefficient (Wildman–Crippen LogP) is 5.88. The second-order valence-corrected chi connectivity index (χ2v) is 6.95. The van der Waals surface area contributed by atoms with E-state index in [0.717, 1.165) is 36.3 Å². The summed E-state index contributed by atoms with van der Waals surface area (Å²) < 4.78 is 12.2. The average Bonchev–Trinajstić information content (AvgIpc) is 3.14. The Balaban J connectivity index is 1.82. The summed E-state index contributed by atoms with van der Waals surface area (Å²) in [5.41, 5.74) is 2.50. The molecule has 1 aliphatic heterocycles. The lowest BCUT2D eigenvalue weighted by Gasteiger charge is -2.26. The maximum absolute atomic E-state index is 6.48. The van der Waals surface area contributed by atoms with E-state index in [9.17, 15) is 0 Å². The molecule has 23 heavy (non-hydrogen) atoms. The first-order chi connectivity index (χ1) is 11.1. The predicted molar refractivity (Wildman–Crippen MR) is 95.5 cm³/mol. The molecule has 1 heterocycles. The van der Waals surface area contributed by atoms with Crippen molar-refractivity contribution in [2.45, 2.75) is 71.0 Å². The van der Waals surface area contributed by atoms with Crippen LogP contribution in [0.3, 0.4) is 0 Å². The molecule has 0 unspecified atom stereocenters. The fourth-order valence-corrected chi connectivity index (χ4v) is 3.57. The van der Waals surface area contributed by atoms with Crippen LogP contribution in [-0.4, -0.2) is 11.7 Å². The van der Waals surface area contributed by atoms with Crippen LogP contribution < -0.4 is 4.74 Å². The van der Waals surface area contributed by atoms with Crippen molar-refractivity contribution < 1.29 is 9.47 Å². The molecule has 2 nitrogen and oxygen atoms in total. The highest BCUT2D eigenvalue weighted by Gasteiger charge is 2.43. The Kier molecular flexibility index (Phi) is 4.79. The van der Waals surface area contributed by atoms with Crippen LogP contribution in [0.25, 0.3) is 5.76 Å². The number of allylic oxidation sites excluding steroid dienone is 1. The summed E-state index contributed by atoms with van der Waals surface area (Å²) in [4.78, 5) is 0.